The van der Waals surface area contributed by atoms with Gasteiger partial charge in [-0.05, 0) is 178 Å². The molecule has 7 aliphatic rings. The maximum atomic E-state index is 2.57. The average Bonchev–Trinajstić information content (AvgIpc) is 3.84. The lowest BCUT2D eigenvalue weighted by atomic mass is 9.43. The molecule has 0 N–H and O–H groups in total. The number of hydrogen-bond acceptors (Lipinski definition) is 3. The predicted octanol–water partition coefficient (Wildman–Crippen LogP) is 16.4. The molecule has 4 fully saturated rings. The highest BCUT2D eigenvalue weighted by Gasteiger charge is 2.61. The Kier molecular flexibility index (Phi) is 7.87. The first-order valence-electron chi connectivity index (χ1n) is 22.7. The lowest BCUT2D eigenvalue weighted by Crippen LogP contribution is -2.55. The molecule has 0 unspecified atom stereocenters. The molecule has 0 atom stereocenters. The second kappa shape index (κ2) is 13.6. The third kappa shape index (κ3) is 5.25. The molecule has 0 radical (unpaired) electrons. The Balaban J connectivity index is 0.838. The molecule has 6 aliphatic carbocycles. The van der Waals surface area contributed by atoms with E-state index >= 15 is 0 Å². The van der Waals surface area contributed by atoms with Crippen LogP contribution in [0.1, 0.15) is 54.4 Å². The van der Waals surface area contributed by atoms with Crippen molar-refractivity contribution in [2.75, 3.05) is 4.90 Å². The zero-order chi connectivity index (χ0) is 40.5. The third-order valence-electron chi connectivity index (χ3n) is 15.7. The van der Waals surface area contributed by atoms with E-state index in [9.17, 15) is 0 Å². The first kappa shape index (κ1) is 35.8. The van der Waals surface area contributed by atoms with Crippen LogP contribution in [0.5, 0.6) is 0 Å². The van der Waals surface area contributed by atoms with Crippen LogP contribution < -0.4 is 4.90 Å². The summed E-state index contributed by atoms with van der Waals surface area (Å²) in [7, 11) is 0. The van der Waals surface area contributed by atoms with Crippen molar-refractivity contribution in [3.63, 3.8) is 0 Å². The van der Waals surface area contributed by atoms with Gasteiger partial charge in [-0.2, -0.15) is 0 Å². The molecule has 3 heteroatoms. The highest BCUT2D eigenvalue weighted by molar-refractivity contribution is 8.05. The van der Waals surface area contributed by atoms with Gasteiger partial charge in [-0.3, -0.25) is 0 Å². The normalized spacial score (nSPS) is 22.7. The van der Waals surface area contributed by atoms with E-state index < -0.39 is 0 Å². The van der Waals surface area contributed by atoms with E-state index in [4.69, 9.17) is 0 Å². The van der Waals surface area contributed by atoms with Crippen LogP contribution in [0.2, 0.25) is 0 Å². The van der Waals surface area contributed by atoms with Crippen molar-refractivity contribution in [1.82, 2.24) is 0 Å². The van der Waals surface area contributed by atoms with E-state index in [1.165, 1.54) is 119 Å². The molecule has 0 aromatic heterocycles. The van der Waals surface area contributed by atoms with Crippen molar-refractivity contribution in [2.24, 2.45) is 23.7 Å². The Labute approximate surface area is 373 Å². The Bertz CT molecular complexity index is 3100. The van der Waals surface area contributed by atoms with Crippen LogP contribution in [0.25, 0.3) is 44.5 Å². The summed E-state index contributed by atoms with van der Waals surface area (Å²) in [5.74, 6) is 3.49. The number of fused-ring (bicyclic) bond motifs is 8. The lowest BCUT2D eigenvalue weighted by Gasteiger charge is -2.61. The van der Waals surface area contributed by atoms with Gasteiger partial charge in [0.25, 0.3) is 0 Å². The number of nitrogens with zero attached hydrogens (tertiary/aromatic N) is 1. The molecule has 298 valence electrons. The molecule has 1 heterocycles. The van der Waals surface area contributed by atoms with Gasteiger partial charge < -0.3 is 4.90 Å². The Morgan fingerprint density at radius 1 is 0.403 bits per heavy atom. The van der Waals surface area contributed by atoms with Crippen molar-refractivity contribution < 1.29 is 0 Å². The summed E-state index contributed by atoms with van der Waals surface area (Å²) >= 11 is 3.83. The lowest BCUT2D eigenvalue weighted by molar-refractivity contribution is -0.0399. The van der Waals surface area contributed by atoms with Gasteiger partial charge in [-0.1, -0.05) is 145 Å². The second-order valence-electron chi connectivity index (χ2n) is 18.9. The Hall–Kier alpha value is -5.74. The van der Waals surface area contributed by atoms with Crippen LogP contribution in [0.4, 0.5) is 17.1 Å². The van der Waals surface area contributed by atoms with Crippen molar-refractivity contribution in [3.05, 3.63) is 198 Å². The average molecular weight is 832 g/mol. The van der Waals surface area contributed by atoms with Crippen LogP contribution in [-0.2, 0) is 11.8 Å². The maximum Gasteiger partial charge on any atom is 0.0543 e. The molecule has 8 aromatic carbocycles. The topological polar surface area (TPSA) is 3.24 Å². The Morgan fingerprint density at radius 3 is 1.82 bits per heavy atom. The fraction of sp³-hybridized carbons (Fsp3) is 0.186. The fourth-order valence-electron chi connectivity index (χ4n) is 13.4. The Morgan fingerprint density at radius 2 is 1.00 bits per heavy atom. The highest BCUT2D eigenvalue weighted by atomic mass is 32.2. The molecule has 1 aliphatic heterocycles. The smallest absolute Gasteiger partial charge is 0.0543 e. The first-order chi connectivity index (χ1) is 30.7. The largest absolute Gasteiger partial charge is 0.310 e. The van der Waals surface area contributed by atoms with Crippen LogP contribution in [0.3, 0.4) is 0 Å². The highest BCUT2D eigenvalue weighted by Crippen LogP contribution is 2.69. The van der Waals surface area contributed by atoms with Crippen LogP contribution in [0, 0.1) is 23.7 Å². The summed E-state index contributed by atoms with van der Waals surface area (Å²) < 4.78 is 0. The zero-order valence-electron chi connectivity index (χ0n) is 34.6. The van der Waals surface area contributed by atoms with Gasteiger partial charge in [0.05, 0.1) is 5.69 Å². The summed E-state index contributed by atoms with van der Waals surface area (Å²) in [6.07, 6.45) is 8.14. The standard InChI is InChI=1S/C59H45NS2/c1-2-9-38(10-3-1)39-17-21-46(22-18-39)60(53-16-8-12-43-32-42-11-4-5-13-48(42)58(43)53)47-23-26-55-57(35-47)62-56-34-41(20-25-54(56)61-55)40-19-24-52-50(33-40)49-14-6-7-15-51(49)59(52)44-28-36-27-37(30-44)31-45(59)29-36/h1-26,33-37,44-45H,27-32H2. The molecule has 0 amide bonds. The van der Waals surface area contributed by atoms with E-state index in [2.05, 4.69) is 181 Å². The minimum absolute atomic E-state index is 0.211. The fourth-order valence-corrected chi connectivity index (χ4v) is 15.7. The van der Waals surface area contributed by atoms with E-state index in [1.807, 2.05) is 23.5 Å². The number of rotatable bonds is 5. The molecule has 4 saturated carbocycles. The van der Waals surface area contributed by atoms with E-state index in [-0.39, 0.29) is 5.41 Å². The van der Waals surface area contributed by atoms with Crippen molar-refractivity contribution in [3.8, 4) is 44.5 Å². The first-order valence-corrected chi connectivity index (χ1v) is 24.3. The minimum atomic E-state index is 0.211. The van der Waals surface area contributed by atoms with Gasteiger partial charge in [-0.25, -0.2) is 0 Å². The predicted molar refractivity (Wildman–Crippen MR) is 258 cm³/mol. The third-order valence-corrected chi connectivity index (χ3v) is 18.3. The molecule has 0 saturated heterocycles. The molecule has 15 rings (SSSR count). The van der Waals surface area contributed by atoms with Gasteiger partial charge >= 0.3 is 0 Å². The minimum Gasteiger partial charge on any atom is -0.310 e. The van der Waals surface area contributed by atoms with Gasteiger partial charge in [0.15, 0.2) is 0 Å². The number of hydrogen-bond donors (Lipinski definition) is 0. The molecule has 8 aromatic rings. The molecular weight excluding hydrogens is 787 g/mol. The van der Waals surface area contributed by atoms with E-state index in [0.717, 1.165) is 35.8 Å². The summed E-state index contributed by atoms with van der Waals surface area (Å²) in [5, 5.41) is 0. The van der Waals surface area contributed by atoms with Gasteiger partial charge in [-0.15, -0.1) is 0 Å². The van der Waals surface area contributed by atoms with Crippen LogP contribution >= 0.6 is 23.5 Å². The quantitative estimate of drug-likeness (QED) is 0.170. The summed E-state index contributed by atoms with van der Waals surface area (Å²) in [4.78, 5) is 7.79. The van der Waals surface area contributed by atoms with Gasteiger partial charge in [0.1, 0.15) is 0 Å². The van der Waals surface area contributed by atoms with Gasteiger partial charge in [0.2, 0.25) is 0 Å². The second-order valence-corrected chi connectivity index (χ2v) is 21.0. The number of anilines is 3. The number of benzene rings is 8. The van der Waals surface area contributed by atoms with Crippen LogP contribution in [-0.4, -0.2) is 0 Å². The monoisotopic (exact) mass is 831 g/mol. The molecule has 62 heavy (non-hydrogen) atoms. The van der Waals surface area contributed by atoms with Crippen LogP contribution in [0.15, 0.2) is 196 Å². The summed E-state index contributed by atoms with van der Waals surface area (Å²) in [6.45, 7) is 0. The van der Waals surface area contributed by atoms with Crippen molar-refractivity contribution in [1.29, 1.82) is 0 Å². The molecule has 1 spiro atoms. The summed E-state index contributed by atoms with van der Waals surface area (Å²) in [5.41, 5.74) is 20.6. The summed E-state index contributed by atoms with van der Waals surface area (Å²) in [6, 6.07) is 67.1. The maximum absolute atomic E-state index is 2.57. The molecular formula is C59H45NS2. The molecule has 4 bridgehead atoms. The van der Waals surface area contributed by atoms with Crippen molar-refractivity contribution in [2.45, 2.75) is 63.5 Å². The van der Waals surface area contributed by atoms with E-state index in [1.54, 1.807) is 11.1 Å². The van der Waals surface area contributed by atoms with Crippen molar-refractivity contribution >= 4 is 40.6 Å². The van der Waals surface area contributed by atoms with E-state index in [0.29, 0.717) is 0 Å². The molecule has 1 nitrogen and oxygen atoms in total. The SMILES string of the molecule is c1ccc(-c2ccc(N(c3ccc4c(c3)Sc3cc(-c5ccc6c(c5)-c5ccccc5C65C6CC7CC(C6)CC5C7)ccc3S4)c3cccc4c3-c3ccccc3C4)cc2)cc1. The van der Waals surface area contributed by atoms with Gasteiger partial charge in [0, 0.05) is 41.9 Å². The zero-order valence-corrected chi connectivity index (χ0v) is 36.2.